The molecule has 0 saturated heterocycles. The Kier molecular flexibility index (Phi) is 7.57. The maximum atomic E-state index is 12.2. The van der Waals surface area contributed by atoms with Gasteiger partial charge in [-0.25, -0.2) is 0 Å². The van der Waals surface area contributed by atoms with Crippen LogP contribution in [0.1, 0.15) is 24.5 Å². The first kappa shape index (κ1) is 24.4. The molecular formula is C23H25N5O6. The minimum atomic E-state index is -1.10. The Labute approximate surface area is 195 Å². The number of hydrogen-bond acceptors (Lipinski definition) is 7. The lowest BCUT2D eigenvalue weighted by Gasteiger charge is -2.15. The Morgan fingerprint density at radius 1 is 1.18 bits per heavy atom. The first-order valence-corrected chi connectivity index (χ1v) is 10.6. The Bertz CT molecular complexity index is 1230. The summed E-state index contributed by atoms with van der Waals surface area (Å²) >= 11 is 0. The van der Waals surface area contributed by atoms with Crippen molar-refractivity contribution >= 4 is 40.1 Å². The van der Waals surface area contributed by atoms with E-state index in [0.29, 0.717) is 16.6 Å². The second-order valence-corrected chi connectivity index (χ2v) is 7.78. The predicted molar refractivity (Wildman–Crippen MR) is 124 cm³/mol. The summed E-state index contributed by atoms with van der Waals surface area (Å²) in [5.41, 5.74) is 2.94. The van der Waals surface area contributed by atoms with Crippen molar-refractivity contribution in [1.82, 2.24) is 15.1 Å². The van der Waals surface area contributed by atoms with Crippen LogP contribution in [0.5, 0.6) is 0 Å². The number of esters is 1. The Balaban J connectivity index is 1.47. The molecule has 2 aromatic carbocycles. The number of amides is 2. The number of aryl methyl sites for hydroxylation is 3. The second kappa shape index (κ2) is 10.6. The molecule has 0 saturated carbocycles. The molecule has 0 radical (unpaired) electrons. The number of nitrogens with zero attached hydrogens (tertiary/aromatic N) is 3. The lowest BCUT2D eigenvalue weighted by molar-refractivity contribution is -0.384. The Hall–Kier alpha value is -4.28. The lowest BCUT2D eigenvalue weighted by Crippen LogP contribution is -2.40. The molecular weight excluding hydrogens is 442 g/mol. The van der Waals surface area contributed by atoms with E-state index in [1.807, 2.05) is 32.0 Å². The summed E-state index contributed by atoms with van der Waals surface area (Å²) in [5, 5.41) is 21.0. The van der Waals surface area contributed by atoms with Gasteiger partial charge in [-0.2, -0.15) is 5.10 Å². The maximum absolute atomic E-state index is 12.2. The van der Waals surface area contributed by atoms with E-state index in [2.05, 4.69) is 15.7 Å². The molecule has 0 aliphatic rings. The van der Waals surface area contributed by atoms with E-state index in [9.17, 15) is 24.5 Å². The molecule has 34 heavy (non-hydrogen) atoms. The van der Waals surface area contributed by atoms with Crippen LogP contribution in [-0.4, -0.2) is 45.1 Å². The lowest BCUT2D eigenvalue weighted by atomic mass is 10.1. The zero-order valence-corrected chi connectivity index (χ0v) is 19.0. The average molecular weight is 467 g/mol. The van der Waals surface area contributed by atoms with Gasteiger partial charge in [0.15, 0.2) is 6.10 Å². The van der Waals surface area contributed by atoms with Gasteiger partial charge in [0.2, 0.25) is 5.91 Å². The molecule has 0 fully saturated rings. The van der Waals surface area contributed by atoms with Gasteiger partial charge >= 0.3 is 5.97 Å². The van der Waals surface area contributed by atoms with Crippen molar-refractivity contribution in [1.29, 1.82) is 0 Å². The number of carbonyl (C=O) groups is 3. The number of nitro benzene ring substituents is 1. The van der Waals surface area contributed by atoms with Gasteiger partial charge in [-0.1, -0.05) is 18.2 Å². The highest BCUT2D eigenvalue weighted by Crippen LogP contribution is 2.21. The van der Waals surface area contributed by atoms with Crippen molar-refractivity contribution in [3.8, 4) is 0 Å². The molecule has 1 atom stereocenters. The maximum Gasteiger partial charge on any atom is 0.308 e. The van der Waals surface area contributed by atoms with Gasteiger partial charge in [0.25, 0.3) is 11.6 Å². The van der Waals surface area contributed by atoms with Crippen LogP contribution in [0.2, 0.25) is 0 Å². The topological polar surface area (TPSA) is 145 Å². The number of carbonyl (C=O) groups excluding carboxylic acids is 3. The molecule has 1 aromatic heterocycles. The summed E-state index contributed by atoms with van der Waals surface area (Å²) in [6.07, 6.45) is 0.351. The van der Waals surface area contributed by atoms with Gasteiger partial charge in [0.1, 0.15) is 0 Å². The summed E-state index contributed by atoms with van der Waals surface area (Å²) in [6.45, 7) is 5.00. The number of para-hydroxylation sites is 1. The van der Waals surface area contributed by atoms with Gasteiger partial charge in [-0.05, 0) is 38.0 Å². The third-order valence-corrected chi connectivity index (χ3v) is 5.21. The molecule has 2 N–H and O–H groups in total. The monoisotopic (exact) mass is 467 g/mol. The standard InChI is InChI=1S/C23H25N5O6/c1-14-5-4-6-15(2)22(14)26-20(29)13-24-23(31)16(3)34-21(30)9-10-27-19-11-18(28(32)33)8-7-17(19)12-25-27/h4-8,11-12,16H,9-10,13H2,1-3H3,(H,24,31)(H,26,29). The molecule has 11 heteroatoms. The van der Waals surface area contributed by atoms with Crippen LogP contribution in [-0.2, 0) is 25.7 Å². The molecule has 3 rings (SSSR count). The number of hydrogen-bond donors (Lipinski definition) is 2. The molecule has 1 unspecified atom stereocenters. The zero-order valence-electron chi connectivity index (χ0n) is 19.0. The number of non-ortho nitro benzene ring substituents is 1. The smallest absolute Gasteiger partial charge is 0.308 e. The molecule has 11 nitrogen and oxygen atoms in total. The van der Waals surface area contributed by atoms with Crippen LogP contribution in [0.15, 0.2) is 42.6 Å². The number of benzene rings is 2. The number of rotatable bonds is 9. The number of anilines is 1. The Morgan fingerprint density at radius 3 is 2.56 bits per heavy atom. The third-order valence-electron chi connectivity index (χ3n) is 5.21. The summed E-state index contributed by atoms with van der Waals surface area (Å²) in [5.74, 6) is -1.65. The highest BCUT2D eigenvalue weighted by Gasteiger charge is 2.19. The fraction of sp³-hybridized carbons (Fsp3) is 0.304. The van der Waals surface area contributed by atoms with Crippen LogP contribution in [0, 0.1) is 24.0 Å². The van der Waals surface area contributed by atoms with E-state index in [-0.39, 0.29) is 25.2 Å². The summed E-state index contributed by atoms with van der Waals surface area (Å²) in [4.78, 5) is 47.1. The van der Waals surface area contributed by atoms with Crippen molar-refractivity contribution in [3.05, 3.63) is 63.8 Å². The fourth-order valence-corrected chi connectivity index (χ4v) is 3.36. The van der Waals surface area contributed by atoms with Crippen molar-refractivity contribution in [2.24, 2.45) is 0 Å². The minimum Gasteiger partial charge on any atom is -0.452 e. The molecule has 2 amide bonds. The zero-order chi connectivity index (χ0) is 24.8. The van der Waals surface area contributed by atoms with Crippen LogP contribution in [0.25, 0.3) is 10.9 Å². The SMILES string of the molecule is Cc1cccc(C)c1NC(=O)CNC(=O)C(C)OC(=O)CCn1ncc2ccc([N+](=O)[O-])cc21. The molecule has 0 aliphatic heterocycles. The second-order valence-electron chi connectivity index (χ2n) is 7.78. The minimum absolute atomic E-state index is 0.0799. The number of fused-ring (bicyclic) bond motifs is 1. The molecule has 3 aromatic rings. The Morgan fingerprint density at radius 2 is 1.88 bits per heavy atom. The van der Waals surface area contributed by atoms with Crippen LogP contribution < -0.4 is 10.6 Å². The molecule has 0 bridgehead atoms. The van der Waals surface area contributed by atoms with Crippen LogP contribution in [0.3, 0.4) is 0 Å². The van der Waals surface area contributed by atoms with E-state index in [4.69, 9.17) is 4.74 Å². The number of ether oxygens (including phenoxy) is 1. The highest BCUT2D eigenvalue weighted by atomic mass is 16.6. The first-order chi connectivity index (χ1) is 16.2. The number of nitrogens with one attached hydrogen (secondary N) is 2. The van der Waals surface area contributed by atoms with Crippen molar-refractivity contribution in [2.75, 3.05) is 11.9 Å². The van der Waals surface area contributed by atoms with Gasteiger partial charge in [0, 0.05) is 23.2 Å². The molecule has 1 heterocycles. The molecule has 0 spiro atoms. The van der Waals surface area contributed by atoms with Gasteiger partial charge in [0.05, 0.1) is 36.1 Å². The van der Waals surface area contributed by atoms with Crippen molar-refractivity contribution in [2.45, 2.75) is 39.8 Å². The summed E-state index contributed by atoms with van der Waals surface area (Å²) in [6, 6.07) is 9.97. The van der Waals surface area contributed by atoms with E-state index in [1.54, 1.807) is 12.3 Å². The van der Waals surface area contributed by atoms with E-state index in [0.717, 1.165) is 11.1 Å². The van der Waals surface area contributed by atoms with Gasteiger partial charge in [-0.15, -0.1) is 0 Å². The average Bonchev–Trinajstić information content (AvgIpc) is 3.20. The van der Waals surface area contributed by atoms with E-state index < -0.39 is 28.8 Å². The van der Waals surface area contributed by atoms with Gasteiger partial charge in [-0.3, -0.25) is 29.2 Å². The van der Waals surface area contributed by atoms with Crippen molar-refractivity contribution < 1.29 is 24.0 Å². The largest absolute Gasteiger partial charge is 0.452 e. The normalized spacial score (nSPS) is 11.6. The number of nitro groups is 1. The summed E-state index contributed by atoms with van der Waals surface area (Å²) < 4.78 is 6.61. The van der Waals surface area contributed by atoms with Crippen molar-refractivity contribution in [3.63, 3.8) is 0 Å². The predicted octanol–water partition coefficient (Wildman–Crippen LogP) is 2.64. The fourth-order valence-electron chi connectivity index (χ4n) is 3.36. The van der Waals surface area contributed by atoms with Crippen LogP contribution >= 0.6 is 0 Å². The molecule has 178 valence electrons. The highest BCUT2D eigenvalue weighted by molar-refractivity contribution is 5.96. The quantitative estimate of drug-likeness (QED) is 0.279. The summed E-state index contributed by atoms with van der Waals surface area (Å²) in [7, 11) is 0. The van der Waals surface area contributed by atoms with Gasteiger partial charge < -0.3 is 15.4 Å². The van der Waals surface area contributed by atoms with E-state index >= 15 is 0 Å². The third kappa shape index (κ3) is 5.94. The first-order valence-electron chi connectivity index (χ1n) is 10.6. The number of aromatic nitrogens is 2. The van der Waals surface area contributed by atoms with Crippen LogP contribution in [0.4, 0.5) is 11.4 Å². The molecule has 0 aliphatic carbocycles. The van der Waals surface area contributed by atoms with E-state index in [1.165, 1.54) is 23.7 Å².